The van der Waals surface area contributed by atoms with Crippen LogP contribution in [-0.2, 0) is 6.42 Å². The average Bonchev–Trinajstić information content (AvgIpc) is 2.64. The van der Waals surface area contributed by atoms with Crippen LogP contribution >= 0.6 is 0 Å². The number of benzene rings is 1. The molecule has 0 unspecified atom stereocenters. The molecule has 5 nitrogen and oxygen atoms in total. The fourth-order valence-electron chi connectivity index (χ4n) is 1.70. The van der Waals surface area contributed by atoms with Gasteiger partial charge in [-0.15, -0.1) is 5.10 Å². The second-order valence-corrected chi connectivity index (χ2v) is 3.37. The molecule has 0 fully saturated rings. The van der Waals surface area contributed by atoms with Gasteiger partial charge in [-0.25, -0.2) is 0 Å². The molecule has 0 aliphatic carbocycles. The van der Waals surface area contributed by atoms with E-state index in [0.717, 1.165) is 5.56 Å². The van der Waals surface area contributed by atoms with Gasteiger partial charge in [-0.1, -0.05) is 12.1 Å². The van der Waals surface area contributed by atoms with Crippen molar-refractivity contribution in [2.75, 3.05) is 0 Å². The summed E-state index contributed by atoms with van der Waals surface area (Å²) in [5.41, 5.74) is 2.14. The van der Waals surface area contributed by atoms with E-state index in [-0.39, 0.29) is 11.5 Å². The Morgan fingerprint density at radius 1 is 1.60 bits per heavy atom. The van der Waals surface area contributed by atoms with E-state index >= 15 is 0 Å². The Balaban J connectivity index is 2.85. The van der Waals surface area contributed by atoms with E-state index in [0.29, 0.717) is 23.0 Å². The molecule has 1 aromatic carbocycles. The molecule has 1 heterocycles. The lowest BCUT2D eigenvalue weighted by atomic mass is 10.00. The third-order valence-corrected chi connectivity index (χ3v) is 2.41. The first kappa shape index (κ1) is 9.64. The molecule has 0 saturated carbocycles. The average molecular weight is 205 g/mol. The summed E-state index contributed by atoms with van der Waals surface area (Å²) in [5, 5.41) is 19.9. The van der Waals surface area contributed by atoms with Crippen molar-refractivity contribution in [2.24, 2.45) is 0 Å². The maximum Gasteiger partial charge on any atom is 0.163 e. The van der Waals surface area contributed by atoms with Crippen LogP contribution < -0.4 is 0 Å². The number of aryl methyl sites for hydroxylation is 1. The van der Waals surface area contributed by atoms with Gasteiger partial charge in [0.15, 0.2) is 11.5 Å². The Bertz CT molecular complexity index is 531. The van der Waals surface area contributed by atoms with Crippen LogP contribution in [0.15, 0.2) is 6.07 Å². The van der Waals surface area contributed by atoms with Crippen LogP contribution in [0.5, 0.6) is 5.75 Å². The summed E-state index contributed by atoms with van der Waals surface area (Å²) >= 11 is 0. The quantitative estimate of drug-likeness (QED) is 0.727. The number of aromatic amines is 1. The normalized spacial score (nSPS) is 10.8. The van der Waals surface area contributed by atoms with Crippen LogP contribution in [0.3, 0.4) is 0 Å². The lowest BCUT2D eigenvalue weighted by molar-refractivity contribution is 0.101. The molecule has 2 N–H and O–H groups in total. The first-order valence-corrected chi connectivity index (χ1v) is 4.71. The van der Waals surface area contributed by atoms with Crippen LogP contribution in [0.4, 0.5) is 0 Å². The number of fused-ring (bicyclic) bond motifs is 1. The summed E-state index contributed by atoms with van der Waals surface area (Å²) in [6.45, 7) is 3.36. The van der Waals surface area contributed by atoms with Crippen molar-refractivity contribution in [1.29, 1.82) is 0 Å². The molecule has 0 spiro atoms. The topological polar surface area (TPSA) is 78.9 Å². The van der Waals surface area contributed by atoms with Crippen molar-refractivity contribution in [3.05, 3.63) is 17.2 Å². The number of carbonyl (C=O) groups is 1. The zero-order chi connectivity index (χ0) is 11.0. The summed E-state index contributed by atoms with van der Waals surface area (Å²) < 4.78 is 0. The van der Waals surface area contributed by atoms with Gasteiger partial charge in [0, 0.05) is 0 Å². The molecule has 5 heteroatoms. The third-order valence-electron chi connectivity index (χ3n) is 2.41. The van der Waals surface area contributed by atoms with E-state index in [4.69, 9.17) is 0 Å². The van der Waals surface area contributed by atoms with Crippen molar-refractivity contribution in [2.45, 2.75) is 20.3 Å². The fraction of sp³-hybridized carbons (Fsp3) is 0.300. The summed E-state index contributed by atoms with van der Waals surface area (Å²) in [6.07, 6.45) is 0.672. The predicted molar refractivity (Wildman–Crippen MR) is 54.9 cm³/mol. The smallest absolute Gasteiger partial charge is 0.163 e. The van der Waals surface area contributed by atoms with E-state index in [9.17, 15) is 9.90 Å². The van der Waals surface area contributed by atoms with Crippen LogP contribution in [0.1, 0.15) is 29.8 Å². The van der Waals surface area contributed by atoms with Gasteiger partial charge in [0.1, 0.15) is 11.0 Å². The minimum Gasteiger partial charge on any atom is -0.505 e. The molecule has 0 aliphatic heterocycles. The van der Waals surface area contributed by atoms with Gasteiger partial charge in [-0.05, 0) is 25.0 Å². The number of nitrogens with zero attached hydrogens (tertiary/aromatic N) is 2. The number of ketones is 1. The highest BCUT2D eigenvalue weighted by atomic mass is 16.3. The SMILES string of the molecule is CCc1cc2nn[nH]c2c(O)c1C(C)=O. The van der Waals surface area contributed by atoms with Crippen LogP contribution in [0.2, 0.25) is 0 Å². The van der Waals surface area contributed by atoms with Gasteiger partial charge in [-0.2, -0.15) is 0 Å². The molecule has 0 radical (unpaired) electrons. The lowest BCUT2D eigenvalue weighted by Crippen LogP contribution is -2.00. The largest absolute Gasteiger partial charge is 0.505 e. The Hall–Kier alpha value is -1.91. The van der Waals surface area contributed by atoms with Crippen molar-refractivity contribution in [3.8, 4) is 5.75 Å². The Labute approximate surface area is 86.1 Å². The summed E-state index contributed by atoms with van der Waals surface area (Å²) in [7, 11) is 0. The molecular weight excluding hydrogens is 194 g/mol. The minimum atomic E-state index is -0.152. The molecule has 0 amide bonds. The number of nitrogens with one attached hydrogen (secondary N) is 1. The summed E-state index contributed by atoms with van der Waals surface area (Å²) in [6, 6.07) is 1.77. The number of phenols is 1. The number of Topliss-reactive ketones (excluding diaryl/α,β-unsaturated/α-hetero) is 1. The minimum absolute atomic E-state index is 0.0538. The van der Waals surface area contributed by atoms with Gasteiger partial charge in [0.2, 0.25) is 0 Å². The Morgan fingerprint density at radius 2 is 2.33 bits per heavy atom. The van der Waals surface area contributed by atoms with Crippen LogP contribution in [0.25, 0.3) is 11.0 Å². The van der Waals surface area contributed by atoms with Crippen molar-refractivity contribution in [3.63, 3.8) is 0 Å². The molecule has 0 atom stereocenters. The number of rotatable bonds is 2. The molecule has 0 saturated heterocycles. The van der Waals surface area contributed by atoms with E-state index in [2.05, 4.69) is 15.4 Å². The van der Waals surface area contributed by atoms with Gasteiger partial charge in [0.05, 0.1) is 5.56 Å². The van der Waals surface area contributed by atoms with E-state index in [1.807, 2.05) is 6.92 Å². The highest BCUT2D eigenvalue weighted by Gasteiger charge is 2.17. The molecule has 0 bridgehead atoms. The highest BCUT2D eigenvalue weighted by molar-refractivity contribution is 6.03. The highest BCUT2D eigenvalue weighted by Crippen LogP contribution is 2.29. The second-order valence-electron chi connectivity index (χ2n) is 3.37. The molecule has 1 aromatic heterocycles. The number of phenolic OH excluding ortho intramolecular Hbond substituents is 1. The van der Waals surface area contributed by atoms with E-state index in [1.165, 1.54) is 6.92 Å². The van der Waals surface area contributed by atoms with E-state index in [1.54, 1.807) is 6.07 Å². The second kappa shape index (κ2) is 3.34. The molecule has 0 aliphatic rings. The first-order valence-electron chi connectivity index (χ1n) is 4.71. The maximum atomic E-state index is 11.4. The number of carbonyl (C=O) groups excluding carboxylic acids is 1. The number of aromatic nitrogens is 3. The molecule has 2 rings (SSSR count). The van der Waals surface area contributed by atoms with Crippen molar-refractivity contribution in [1.82, 2.24) is 15.4 Å². The lowest BCUT2D eigenvalue weighted by Gasteiger charge is -2.06. The standard InChI is InChI=1S/C10H11N3O2/c1-3-6-4-7-9(12-13-11-7)10(15)8(6)5(2)14/h4,15H,3H2,1-2H3,(H,11,12,13). The fourth-order valence-corrected chi connectivity index (χ4v) is 1.70. The monoisotopic (exact) mass is 205 g/mol. The summed E-state index contributed by atoms with van der Waals surface area (Å²) in [5.74, 6) is -0.206. The number of hydrogen-bond donors (Lipinski definition) is 2. The zero-order valence-corrected chi connectivity index (χ0v) is 8.53. The number of aromatic hydroxyl groups is 1. The Kier molecular flexibility index (Phi) is 2.15. The van der Waals surface area contributed by atoms with Crippen LogP contribution in [-0.4, -0.2) is 26.3 Å². The Morgan fingerprint density at radius 3 is 2.93 bits per heavy atom. The van der Waals surface area contributed by atoms with Crippen molar-refractivity contribution < 1.29 is 9.90 Å². The summed E-state index contributed by atoms with van der Waals surface area (Å²) in [4.78, 5) is 11.4. The van der Waals surface area contributed by atoms with E-state index < -0.39 is 0 Å². The number of H-pyrrole nitrogens is 1. The molecule has 15 heavy (non-hydrogen) atoms. The zero-order valence-electron chi connectivity index (χ0n) is 8.53. The predicted octanol–water partition coefficient (Wildman–Crippen LogP) is 1.43. The molecule has 78 valence electrons. The van der Waals surface area contributed by atoms with Gasteiger partial charge in [0.25, 0.3) is 0 Å². The molecular formula is C10H11N3O2. The van der Waals surface area contributed by atoms with Gasteiger partial charge < -0.3 is 5.11 Å². The van der Waals surface area contributed by atoms with Gasteiger partial charge in [-0.3, -0.25) is 9.89 Å². The van der Waals surface area contributed by atoms with Gasteiger partial charge >= 0.3 is 0 Å². The molecule has 2 aromatic rings. The maximum absolute atomic E-state index is 11.4. The first-order chi connectivity index (χ1) is 7.15. The third kappa shape index (κ3) is 1.36. The van der Waals surface area contributed by atoms with Crippen LogP contribution in [0, 0.1) is 0 Å². The number of hydrogen-bond acceptors (Lipinski definition) is 4. The van der Waals surface area contributed by atoms with Crippen molar-refractivity contribution >= 4 is 16.8 Å².